The van der Waals surface area contributed by atoms with Gasteiger partial charge in [0.05, 0.1) is 27.3 Å². The van der Waals surface area contributed by atoms with Gasteiger partial charge in [0, 0.05) is 4.47 Å². The van der Waals surface area contributed by atoms with Crippen molar-refractivity contribution in [2.45, 2.75) is 18.4 Å². The Kier molecular flexibility index (Phi) is 6.32. The van der Waals surface area contributed by atoms with Crippen LogP contribution in [-0.2, 0) is 26.1 Å². The van der Waals surface area contributed by atoms with Crippen LogP contribution in [0.4, 0.5) is 0 Å². The first-order valence-corrected chi connectivity index (χ1v) is 11.5. The molecule has 1 heterocycles. The van der Waals surface area contributed by atoms with Crippen LogP contribution in [0.5, 0.6) is 0 Å². The average Bonchev–Trinajstić information content (AvgIpc) is 2.98. The number of carbonyl (C=O) groups is 2. The fourth-order valence-electron chi connectivity index (χ4n) is 2.59. The Labute approximate surface area is 178 Å². The summed E-state index contributed by atoms with van der Waals surface area (Å²) in [5.74, 6) is -1.01. The summed E-state index contributed by atoms with van der Waals surface area (Å²) in [6.45, 7) is 1.72. The predicted octanol–water partition coefficient (Wildman–Crippen LogP) is 2.42. The molecule has 1 aromatic heterocycles. The van der Waals surface area contributed by atoms with E-state index in [2.05, 4.69) is 20.9 Å². The first kappa shape index (κ1) is 21.4. The number of thiazole rings is 1. The lowest BCUT2D eigenvalue weighted by atomic mass is 10.2. The third-order valence-electron chi connectivity index (χ3n) is 3.88. The van der Waals surface area contributed by atoms with Crippen molar-refractivity contribution in [3.63, 3.8) is 0 Å². The van der Waals surface area contributed by atoms with Gasteiger partial charge in [0.25, 0.3) is 5.91 Å². The van der Waals surface area contributed by atoms with Crippen LogP contribution in [0.3, 0.4) is 0 Å². The summed E-state index contributed by atoms with van der Waals surface area (Å²) in [6, 6.07) is 11.1. The lowest BCUT2D eigenvalue weighted by Crippen LogP contribution is -2.23. The van der Waals surface area contributed by atoms with E-state index in [9.17, 15) is 18.0 Å². The third-order valence-corrected chi connectivity index (χ3v) is 6.52. The van der Waals surface area contributed by atoms with Crippen LogP contribution in [0.1, 0.15) is 17.3 Å². The Bertz CT molecular complexity index is 1280. The summed E-state index contributed by atoms with van der Waals surface area (Å²) in [4.78, 5) is 29.0. The fourth-order valence-corrected chi connectivity index (χ4v) is 4.72. The fraction of sp³-hybridized carbons (Fsp3) is 0.167. The van der Waals surface area contributed by atoms with Crippen LogP contribution in [-0.4, -0.2) is 31.5 Å². The van der Waals surface area contributed by atoms with Crippen molar-refractivity contribution in [1.82, 2.24) is 4.57 Å². The number of primary sulfonamides is 1. The number of amides is 1. The Balaban J connectivity index is 2.19. The SMILES string of the molecule is CCOC(=O)Cn1c(=NC(=O)c2ccccc2Br)sc2cc(S(N)(=O)=O)ccc21. The second-order valence-electron chi connectivity index (χ2n) is 5.85. The molecule has 0 aliphatic heterocycles. The Morgan fingerprint density at radius 2 is 1.97 bits per heavy atom. The quantitative estimate of drug-likeness (QED) is 0.542. The molecular weight excluding hydrogens is 482 g/mol. The van der Waals surface area contributed by atoms with Crippen LogP contribution in [0.2, 0.25) is 0 Å². The number of sulfonamides is 1. The molecule has 3 aromatic rings. The Morgan fingerprint density at radius 3 is 2.62 bits per heavy atom. The second-order valence-corrected chi connectivity index (χ2v) is 9.27. The van der Waals surface area contributed by atoms with Gasteiger partial charge in [-0.2, -0.15) is 4.99 Å². The number of hydrogen-bond donors (Lipinski definition) is 1. The van der Waals surface area contributed by atoms with Crippen molar-refractivity contribution in [2.75, 3.05) is 6.61 Å². The first-order valence-electron chi connectivity index (χ1n) is 8.36. The molecule has 29 heavy (non-hydrogen) atoms. The number of fused-ring (bicyclic) bond motifs is 1. The van der Waals surface area contributed by atoms with E-state index in [4.69, 9.17) is 9.88 Å². The molecule has 0 saturated heterocycles. The van der Waals surface area contributed by atoms with Crippen LogP contribution in [0.25, 0.3) is 10.2 Å². The van der Waals surface area contributed by atoms with E-state index in [0.29, 0.717) is 20.3 Å². The van der Waals surface area contributed by atoms with Crippen molar-refractivity contribution in [3.8, 4) is 0 Å². The highest BCUT2D eigenvalue weighted by atomic mass is 79.9. The van der Waals surface area contributed by atoms with Crippen molar-refractivity contribution in [2.24, 2.45) is 10.1 Å². The van der Waals surface area contributed by atoms with Gasteiger partial charge in [-0.05, 0) is 53.2 Å². The maximum absolute atomic E-state index is 12.7. The van der Waals surface area contributed by atoms with Gasteiger partial charge in [0.2, 0.25) is 10.0 Å². The molecule has 0 atom stereocenters. The van der Waals surface area contributed by atoms with Gasteiger partial charge in [-0.25, -0.2) is 13.6 Å². The number of ether oxygens (including phenoxy) is 1. The zero-order chi connectivity index (χ0) is 21.2. The predicted molar refractivity (Wildman–Crippen MR) is 112 cm³/mol. The Hall–Kier alpha value is -2.34. The number of carbonyl (C=O) groups excluding carboxylic acids is 2. The maximum atomic E-state index is 12.7. The molecular formula is C18H16BrN3O5S2. The standard InChI is InChI=1S/C18H16BrN3O5S2/c1-2-27-16(23)10-22-14-8-7-11(29(20,25)26)9-15(14)28-18(22)21-17(24)12-5-3-4-6-13(12)19/h3-9H,2,10H2,1H3,(H2,20,25,26). The van der Waals surface area contributed by atoms with E-state index in [1.165, 1.54) is 22.8 Å². The van der Waals surface area contributed by atoms with Crippen molar-refractivity contribution in [3.05, 3.63) is 57.3 Å². The largest absolute Gasteiger partial charge is 0.465 e. The number of halogens is 1. The maximum Gasteiger partial charge on any atom is 0.326 e. The van der Waals surface area contributed by atoms with Gasteiger partial charge in [0.15, 0.2) is 4.80 Å². The van der Waals surface area contributed by atoms with Crippen molar-refractivity contribution >= 4 is 59.4 Å². The number of aromatic nitrogens is 1. The van der Waals surface area contributed by atoms with E-state index in [-0.39, 0.29) is 22.8 Å². The number of hydrogen-bond acceptors (Lipinski definition) is 6. The molecule has 0 saturated carbocycles. The molecule has 0 unspecified atom stereocenters. The summed E-state index contributed by atoms with van der Waals surface area (Å²) in [6.07, 6.45) is 0. The topological polar surface area (TPSA) is 121 Å². The van der Waals surface area contributed by atoms with Crippen molar-refractivity contribution < 1.29 is 22.7 Å². The molecule has 3 rings (SSSR count). The first-order chi connectivity index (χ1) is 13.7. The van der Waals surface area contributed by atoms with Gasteiger partial charge in [0.1, 0.15) is 6.54 Å². The van der Waals surface area contributed by atoms with Crippen molar-refractivity contribution in [1.29, 1.82) is 0 Å². The van der Waals surface area contributed by atoms with Gasteiger partial charge < -0.3 is 9.30 Å². The summed E-state index contributed by atoms with van der Waals surface area (Å²) in [5, 5.41) is 5.20. The van der Waals surface area contributed by atoms with Gasteiger partial charge >= 0.3 is 5.97 Å². The van der Waals surface area contributed by atoms with E-state index in [1.807, 2.05) is 0 Å². The number of esters is 1. The second kappa shape index (κ2) is 8.57. The zero-order valence-electron chi connectivity index (χ0n) is 15.2. The van der Waals surface area contributed by atoms with Gasteiger partial charge in [-0.15, -0.1) is 0 Å². The molecule has 0 fully saturated rings. The smallest absolute Gasteiger partial charge is 0.326 e. The minimum atomic E-state index is -3.90. The highest BCUT2D eigenvalue weighted by Gasteiger charge is 2.16. The molecule has 0 bridgehead atoms. The summed E-state index contributed by atoms with van der Waals surface area (Å²) < 4.78 is 30.9. The molecule has 0 radical (unpaired) electrons. The number of rotatable bonds is 5. The van der Waals surface area contributed by atoms with Crippen LogP contribution < -0.4 is 9.94 Å². The highest BCUT2D eigenvalue weighted by Crippen LogP contribution is 2.22. The highest BCUT2D eigenvalue weighted by molar-refractivity contribution is 9.10. The Morgan fingerprint density at radius 1 is 1.24 bits per heavy atom. The van der Waals surface area contributed by atoms with E-state index in [0.717, 1.165) is 11.3 Å². The number of nitrogens with two attached hydrogens (primary N) is 1. The number of nitrogens with zero attached hydrogens (tertiary/aromatic N) is 2. The van der Waals surface area contributed by atoms with Gasteiger partial charge in [-0.1, -0.05) is 23.5 Å². The zero-order valence-corrected chi connectivity index (χ0v) is 18.4. The molecule has 0 spiro atoms. The van der Waals surface area contributed by atoms with E-state index in [1.54, 1.807) is 31.2 Å². The summed E-state index contributed by atoms with van der Waals surface area (Å²) >= 11 is 4.39. The average molecular weight is 498 g/mol. The molecule has 0 aliphatic rings. The molecule has 2 N–H and O–H groups in total. The van der Waals surface area contributed by atoms with Crippen LogP contribution in [0, 0.1) is 0 Å². The lowest BCUT2D eigenvalue weighted by Gasteiger charge is -2.05. The monoisotopic (exact) mass is 497 g/mol. The van der Waals surface area contributed by atoms with E-state index < -0.39 is 21.9 Å². The molecule has 8 nitrogen and oxygen atoms in total. The molecule has 0 aliphatic carbocycles. The minimum absolute atomic E-state index is 0.0711. The normalized spacial score (nSPS) is 12.3. The lowest BCUT2D eigenvalue weighted by molar-refractivity contribution is -0.143. The molecule has 1 amide bonds. The van der Waals surface area contributed by atoms with Crippen LogP contribution in [0.15, 0.2) is 56.8 Å². The molecule has 2 aromatic carbocycles. The van der Waals surface area contributed by atoms with Crippen LogP contribution >= 0.6 is 27.3 Å². The summed E-state index contributed by atoms with van der Waals surface area (Å²) in [7, 11) is -3.90. The summed E-state index contributed by atoms with van der Waals surface area (Å²) in [5.41, 5.74) is 0.895. The third kappa shape index (κ3) is 4.81. The number of benzene rings is 2. The molecule has 152 valence electrons. The van der Waals surface area contributed by atoms with Gasteiger partial charge in [-0.3, -0.25) is 9.59 Å². The molecule has 11 heteroatoms. The minimum Gasteiger partial charge on any atom is -0.465 e. The van der Waals surface area contributed by atoms with E-state index >= 15 is 0 Å².